The first-order valence-electron chi connectivity index (χ1n) is 6.96. The molecule has 1 aliphatic rings. The zero-order chi connectivity index (χ0) is 12.7. The van der Waals surface area contributed by atoms with Crippen molar-refractivity contribution in [2.24, 2.45) is 0 Å². The van der Waals surface area contributed by atoms with E-state index in [9.17, 15) is 4.79 Å². The van der Waals surface area contributed by atoms with Gasteiger partial charge in [-0.2, -0.15) is 0 Å². The van der Waals surface area contributed by atoms with Crippen molar-refractivity contribution in [2.75, 3.05) is 6.54 Å². The van der Waals surface area contributed by atoms with Crippen molar-refractivity contribution in [3.8, 4) is 0 Å². The first-order valence-corrected chi connectivity index (χ1v) is 6.96. The Kier molecular flexibility index (Phi) is 5.90. The van der Waals surface area contributed by atoms with Crippen LogP contribution in [0.25, 0.3) is 0 Å². The zero-order valence-corrected chi connectivity index (χ0v) is 11.6. The highest BCUT2D eigenvalue weighted by atomic mass is 16.1. The molecule has 0 bridgehead atoms. The lowest BCUT2D eigenvalue weighted by atomic mass is 9.96. The molecule has 0 unspecified atom stereocenters. The standard InChI is InChI=1S/C15H27NO/c1-15(2,3)16-12-11-14(17)13-9-7-5-4-6-8-10-13/h9,16H,4-8,10-12H2,1-3H3. The fourth-order valence-corrected chi connectivity index (χ4v) is 2.16. The van der Waals surface area contributed by atoms with Gasteiger partial charge in [-0.1, -0.05) is 18.9 Å². The van der Waals surface area contributed by atoms with Gasteiger partial charge in [-0.15, -0.1) is 0 Å². The third-order valence-corrected chi connectivity index (χ3v) is 3.16. The number of hydrogen-bond donors (Lipinski definition) is 1. The summed E-state index contributed by atoms with van der Waals surface area (Å²) in [6.45, 7) is 7.19. The molecule has 1 aliphatic carbocycles. The molecule has 0 aromatic rings. The van der Waals surface area contributed by atoms with Crippen LogP contribution < -0.4 is 5.32 Å². The Labute approximate surface area is 106 Å². The predicted octanol–water partition coefficient (Wildman–Crippen LogP) is 3.61. The Morgan fingerprint density at radius 2 is 1.94 bits per heavy atom. The highest BCUT2D eigenvalue weighted by molar-refractivity contribution is 5.95. The Hall–Kier alpha value is -0.630. The quantitative estimate of drug-likeness (QED) is 0.809. The van der Waals surface area contributed by atoms with Gasteiger partial charge < -0.3 is 5.32 Å². The van der Waals surface area contributed by atoms with E-state index in [2.05, 4.69) is 32.2 Å². The second-order valence-corrected chi connectivity index (χ2v) is 6.03. The molecule has 0 saturated carbocycles. The number of ketones is 1. The van der Waals surface area contributed by atoms with E-state index >= 15 is 0 Å². The second-order valence-electron chi connectivity index (χ2n) is 6.03. The summed E-state index contributed by atoms with van der Waals surface area (Å²) in [6.07, 6.45) is 9.94. The number of nitrogens with one attached hydrogen (secondary N) is 1. The molecule has 0 aromatic carbocycles. The summed E-state index contributed by atoms with van der Waals surface area (Å²) in [5.41, 5.74) is 1.19. The molecular weight excluding hydrogens is 210 g/mol. The molecule has 0 saturated heterocycles. The van der Waals surface area contributed by atoms with Crippen LogP contribution in [-0.4, -0.2) is 17.9 Å². The van der Waals surface area contributed by atoms with Crippen molar-refractivity contribution in [3.05, 3.63) is 11.6 Å². The van der Waals surface area contributed by atoms with Crippen LogP contribution in [0.3, 0.4) is 0 Å². The maximum Gasteiger partial charge on any atom is 0.159 e. The maximum atomic E-state index is 12.0. The highest BCUT2D eigenvalue weighted by Gasteiger charge is 2.13. The summed E-state index contributed by atoms with van der Waals surface area (Å²) < 4.78 is 0. The normalized spacial score (nSPS) is 18.2. The third kappa shape index (κ3) is 6.62. The van der Waals surface area contributed by atoms with Crippen LogP contribution in [0.4, 0.5) is 0 Å². The average Bonchev–Trinajstić information content (AvgIpc) is 2.14. The van der Waals surface area contributed by atoms with Gasteiger partial charge in [0, 0.05) is 18.5 Å². The van der Waals surface area contributed by atoms with Crippen molar-refractivity contribution < 1.29 is 4.79 Å². The van der Waals surface area contributed by atoms with Crippen LogP contribution in [0.1, 0.15) is 65.7 Å². The van der Waals surface area contributed by atoms with Crippen LogP contribution in [0.15, 0.2) is 11.6 Å². The summed E-state index contributed by atoms with van der Waals surface area (Å²) in [7, 11) is 0. The molecule has 0 amide bonds. The van der Waals surface area contributed by atoms with E-state index in [0.29, 0.717) is 12.2 Å². The molecule has 0 fully saturated rings. The number of hydrogen-bond acceptors (Lipinski definition) is 2. The minimum atomic E-state index is 0.107. The van der Waals surface area contributed by atoms with Gasteiger partial charge in [-0.3, -0.25) is 4.79 Å². The number of Topliss-reactive ketones (excluding diaryl/α,β-unsaturated/α-hetero) is 1. The van der Waals surface area contributed by atoms with E-state index in [0.717, 1.165) is 25.0 Å². The molecule has 1 N–H and O–H groups in total. The molecule has 0 atom stereocenters. The average molecular weight is 237 g/mol. The van der Waals surface area contributed by atoms with Gasteiger partial charge in [0.15, 0.2) is 5.78 Å². The second kappa shape index (κ2) is 6.95. The number of rotatable bonds is 4. The lowest BCUT2D eigenvalue weighted by molar-refractivity contribution is -0.115. The third-order valence-electron chi connectivity index (χ3n) is 3.16. The smallest absolute Gasteiger partial charge is 0.159 e. The molecule has 98 valence electrons. The van der Waals surface area contributed by atoms with Crippen molar-refractivity contribution in [3.63, 3.8) is 0 Å². The SMILES string of the molecule is CC(C)(C)NCCC(=O)C1=CCCCCCC1. The monoisotopic (exact) mass is 237 g/mol. The molecule has 0 spiro atoms. The maximum absolute atomic E-state index is 12.0. The van der Waals surface area contributed by atoms with E-state index in [4.69, 9.17) is 0 Å². The van der Waals surface area contributed by atoms with Crippen LogP contribution >= 0.6 is 0 Å². The Morgan fingerprint density at radius 1 is 1.24 bits per heavy atom. The first kappa shape index (κ1) is 14.4. The number of carbonyl (C=O) groups excluding carboxylic acids is 1. The van der Waals surface area contributed by atoms with Gasteiger partial charge >= 0.3 is 0 Å². The van der Waals surface area contributed by atoms with E-state index in [1.54, 1.807) is 0 Å². The molecular formula is C15H27NO. The fourth-order valence-electron chi connectivity index (χ4n) is 2.16. The van der Waals surface area contributed by atoms with Crippen molar-refractivity contribution >= 4 is 5.78 Å². The summed E-state index contributed by atoms with van der Waals surface area (Å²) in [4.78, 5) is 12.0. The fraction of sp³-hybridized carbons (Fsp3) is 0.800. The number of carbonyl (C=O) groups is 1. The Bertz CT molecular complexity index is 273. The molecule has 2 heteroatoms. The zero-order valence-electron chi connectivity index (χ0n) is 11.6. The van der Waals surface area contributed by atoms with Crippen LogP contribution in [0, 0.1) is 0 Å². The Morgan fingerprint density at radius 3 is 2.65 bits per heavy atom. The van der Waals surface area contributed by atoms with Gasteiger partial charge in [0.05, 0.1) is 0 Å². The topological polar surface area (TPSA) is 29.1 Å². The highest BCUT2D eigenvalue weighted by Crippen LogP contribution is 2.18. The number of allylic oxidation sites excluding steroid dienone is 2. The van der Waals surface area contributed by atoms with Gasteiger partial charge in [-0.25, -0.2) is 0 Å². The minimum absolute atomic E-state index is 0.107. The Balaban J connectivity index is 2.35. The van der Waals surface area contributed by atoms with Crippen molar-refractivity contribution in [2.45, 2.75) is 71.3 Å². The van der Waals surface area contributed by atoms with Crippen LogP contribution in [0.5, 0.6) is 0 Å². The lowest BCUT2D eigenvalue weighted by Gasteiger charge is -2.20. The van der Waals surface area contributed by atoms with Gasteiger partial charge in [0.25, 0.3) is 0 Å². The van der Waals surface area contributed by atoms with E-state index in [-0.39, 0.29) is 5.54 Å². The van der Waals surface area contributed by atoms with Crippen LogP contribution in [-0.2, 0) is 4.79 Å². The molecule has 0 aromatic heterocycles. The molecule has 2 nitrogen and oxygen atoms in total. The summed E-state index contributed by atoms with van der Waals surface area (Å²) in [5.74, 6) is 0.351. The minimum Gasteiger partial charge on any atom is -0.312 e. The van der Waals surface area contributed by atoms with Crippen molar-refractivity contribution in [1.82, 2.24) is 5.32 Å². The largest absolute Gasteiger partial charge is 0.312 e. The van der Waals surface area contributed by atoms with Crippen molar-refractivity contribution in [1.29, 1.82) is 0 Å². The summed E-state index contributed by atoms with van der Waals surface area (Å²) in [6, 6.07) is 0. The van der Waals surface area contributed by atoms with E-state index in [1.807, 2.05) is 0 Å². The van der Waals surface area contributed by atoms with Gasteiger partial charge in [-0.05, 0) is 52.0 Å². The lowest BCUT2D eigenvalue weighted by Crippen LogP contribution is -2.37. The molecule has 17 heavy (non-hydrogen) atoms. The molecule has 1 rings (SSSR count). The van der Waals surface area contributed by atoms with Gasteiger partial charge in [0.1, 0.15) is 0 Å². The van der Waals surface area contributed by atoms with Gasteiger partial charge in [0.2, 0.25) is 0 Å². The van der Waals surface area contributed by atoms with Crippen LogP contribution in [0.2, 0.25) is 0 Å². The summed E-state index contributed by atoms with van der Waals surface area (Å²) >= 11 is 0. The summed E-state index contributed by atoms with van der Waals surface area (Å²) in [5, 5.41) is 3.37. The molecule has 0 heterocycles. The van der Waals surface area contributed by atoms with E-state index < -0.39 is 0 Å². The molecule has 0 radical (unpaired) electrons. The van der Waals surface area contributed by atoms with E-state index in [1.165, 1.54) is 25.7 Å². The first-order chi connectivity index (χ1) is 7.99. The predicted molar refractivity (Wildman–Crippen MR) is 73.2 cm³/mol. The molecule has 0 aliphatic heterocycles.